The molecule has 0 unspecified atom stereocenters. The Kier molecular flexibility index (Phi) is 5.84. The highest BCUT2D eigenvalue weighted by atomic mass is 16.5. The fourth-order valence-electron chi connectivity index (χ4n) is 3.14. The van der Waals surface area contributed by atoms with Crippen molar-refractivity contribution in [2.45, 2.75) is 6.92 Å². The van der Waals surface area contributed by atoms with Gasteiger partial charge >= 0.3 is 0 Å². The van der Waals surface area contributed by atoms with Gasteiger partial charge in [0.2, 0.25) is 5.95 Å². The van der Waals surface area contributed by atoms with Crippen LogP contribution in [0.15, 0.2) is 85.5 Å². The number of hydrogen-bond acceptors (Lipinski definition) is 6. The molecule has 4 aromatic rings. The van der Waals surface area contributed by atoms with E-state index in [-0.39, 0.29) is 5.91 Å². The highest BCUT2D eigenvalue weighted by Gasteiger charge is 2.18. The predicted molar refractivity (Wildman–Crippen MR) is 120 cm³/mol. The lowest BCUT2D eigenvalue weighted by molar-refractivity contribution is 0.102. The van der Waals surface area contributed by atoms with Gasteiger partial charge in [0.05, 0.1) is 18.5 Å². The molecule has 2 aromatic heterocycles. The molecule has 0 aliphatic carbocycles. The summed E-state index contributed by atoms with van der Waals surface area (Å²) in [6.07, 6.45) is 6.83. The number of rotatable bonds is 6. The minimum Gasteiger partial charge on any atom is -0.497 e. The summed E-state index contributed by atoms with van der Waals surface area (Å²) < 4.78 is 5.15. The monoisotopic (exact) mass is 411 g/mol. The normalized spacial score (nSPS) is 10.4. The van der Waals surface area contributed by atoms with Crippen molar-refractivity contribution >= 4 is 28.9 Å². The summed E-state index contributed by atoms with van der Waals surface area (Å²) in [5, 5.41) is 2.96. The number of anilines is 4. The number of nitrogens with zero attached hydrogens (tertiary/aromatic N) is 4. The highest BCUT2D eigenvalue weighted by molar-refractivity contribution is 6.04. The van der Waals surface area contributed by atoms with Crippen LogP contribution >= 0.6 is 0 Å². The molecule has 7 heteroatoms. The second-order valence-corrected chi connectivity index (χ2v) is 6.77. The van der Waals surface area contributed by atoms with E-state index in [2.05, 4.69) is 20.3 Å². The molecule has 0 fully saturated rings. The number of aryl methyl sites for hydroxylation is 1. The molecule has 0 aliphatic heterocycles. The van der Waals surface area contributed by atoms with Gasteiger partial charge in [0, 0.05) is 36.0 Å². The molecule has 2 heterocycles. The van der Waals surface area contributed by atoms with Crippen LogP contribution in [0.3, 0.4) is 0 Å². The van der Waals surface area contributed by atoms with E-state index in [1.807, 2.05) is 42.2 Å². The molecular weight excluding hydrogens is 390 g/mol. The Morgan fingerprint density at radius 2 is 1.65 bits per heavy atom. The smallest absolute Gasteiger partial charge is 0.255 e. The van der Waals surface area contributed by atoms with Crippen molar-refractivity contribution in [2.24, 2.45) is 0 Å². The van der Waals surface area contributed by atoms with Crippen LogP contribution in [-0.4, -0.2) is 28.0 Å². The van der Waals surface area contributed by atoms with Gasteiger partial charge in [0.1, 0.15) is 5.75 Å². The minimum atomic E-state index is -0.205. The molecule has 0 bridgehead atoms. The predicted octanol–water partition coefficient (Wildman–Crippen LogP) is 4.91. The van der Waals surface area contributed by atoms with Crippen molar-refractivity contribution in [1.29, 1.82) is 0 Å². The number of methoxy groups -OCH3 is 1. The zero-order valence-electron chi connectivity index (χ0n) is 17.2. The van der Waals surface area contributed by atoms with E-state index < -0.39 is 0 Å². The van der Waals surface area contributed by atoms with E-state index in [4.69, 9.17) is 4.74 Å². The topological polar surface area (TPSA) is 80.2 Å². The number of aromatic nitrogens is 3. The first-order valence-electron chi connectivity index (χ1n) is 9.69. The minimum absolute atomic E-state index is 0.205. The zero-order valence-corrected chi connectivity index (χ0v) is 17.2. The average Bonchev–Trinajstić information content (AvgIpc) is 2.82. The van der Waals surface area contributed by atoms with Crippen LogP contribution < -0.4 is 15.0 Å². The van der Waals surface area contributed by atoms with Crippen LogP contribution in [0, 0.1) is 6.92 Å². The summed E-state index contributed by atoms with van der Waals surface area (Å²) in [7, 11) is 1.59. The number of ether oxygens (including phenoxy) is 1. The largest absolute Gasteiger partial charge is 0.497 e. The molecule has 0 atom stereocenters. The molecule has 7 nitrogen and oxygen atoms in total. The zero-order chi connectivity index (χ0) is 21.6. The van der Waals surface area contributed by atoms with E-state index in [0.29, 0.717) is 22.9 Å². The van der Waals surface area contributed by atoms with Crippen molar-refractivity contribution in [1.82, 2.24) is 15.0 Å². The quantitative estimate of drug-likeness (QED) is 0.486. The van der Waals surface area contributed by atoms with Gasteiger partial charge in [0.25, 0.3) is 5.91 Å². The Bertz CT molecular complexity index is 1130. The van der Waals surface area contributed by atoms with Gasteiger partial charge < -0.3 is 10.1 Å². The molecule has 4 rings (SSSR count). The van der Waals surface area contributed by atoms with Crippen molar-refractivity contribution in [2.75, 3.05) is 17.3 Å². The Labute approximate surface area is 180 Å². The van der Waals surface area contributed by atoms with Gasteiger partial charge in [-0.25, -0.2) is 9.97 Å². The van der Waals surface area contributed by atoms with Crippen LogP contribution in [0.1, 0.15) is 15.9 Å². The standard InChI is InChI=1S/C24H21N5O2/c1-17-4-7-19(28-23(30)18-5-8-21(31-2)9-6-18)16-22(17)29(20-10-14-25-15-11-20)24-26-12-3-13-27-24/h3-16H,1-2H3,(H,28,30). The van der Waals surface area contributed by atoms with Gasteiger partial charge in [0.15, 0.2) is 0 Å². The second kappa shape index (κ2) is 9.04. The number of nitrogens with one attached hydrogen (secondary N) is 1. The first-order valence-corrected chi connectivity index (χ1v) is 9.69. The SMILES string of the molecule is COc1ccc(C(=O)Nc2ccc(C)c(N(c3ccncc3)c3ncccn3)c2)cc1. The van der Waals surface area contributed by atoms with Crippen molar-refractivity contribution in [3.63, 3.8) is 0 Å². The van der Waals surface area contributed by atoms with Crippen LogP contribution in [0.5, 0.6) is 5.75 Å². The summed E-state index contributed by atoms with van der Waals surface area (Å²) in [6.45, 7) is 2.00. The molecule has 154 valence electrons. The summed E-state index contributed by atoms with van der Waals surface area (Å²) in [5.41, 5.74) is 3.93. The first kappa shape index (κ1) is 20.0. The van der Waals surface area contributed by atoms with E-state index in [9.17, 15) is 4.79 Å². The number of carbonyl (C=O) groups excluding carboxylic acids is 1. The van der Waals surface area contributed by atoms with E-state index in [1.165, 1.54) is 0 Å². The van der Waals surface area contributed by atoms with E-state index in [0.717, 1.165) is 16.9 Å². The molecule has 1 amide bonds. The van der Waals surface area contributed by atoms with Crippen LogP contribution in [0.25, 0.3) is 0 Å². The van der Waals surface area contributed by atoms with E-state index >= 15 is 0 Å². The summed E-state index contributed by atoms with van der Waals surface area (Å²) in [5.74, 6) is 1.02. The molecule has 0 radical (unpaired) electrons. The third-order valence-electron chi connectivity index (χ3n) is 4.73. The number of hydrogen-bond donors (Lipinski definition) is 1. The average molecular weight is 411 g/mol. The summed E-state index contributed by atoms with van der Waals surface area (Å²) in [4.78, 5) is 27.6. The Hall–Kier alpha value is -4.26. The van der Waals surface area contributed by atoms with Gasteiger partial charge in [-0.3, -0.25) is 14.7 Å². The Balaban J connectivity index is 1.69. The van der Waals surface area contributed by atoms with Gasteiger partial charge in [-0.15, -0.1) is 0 Å². The van der Waals surface area contributed by atoms with Crippen molar-refractivity contribution in [3.05, 3.63) is 96.6 Å². The molecule has 1 N–H and O–H groups in total. The first-order chi connectivity index (χ1) is 15.2. The van der Waals surface area contributed by atoms with Crippen LogP contribution in [0.4, 0.5) is 23.0 Å². The van der Waals surface area contributed by atoms with Crippen LogP contribution in [0.2, 0.25) is 0 Å². The summed E-state index contributed by atoms with van der Waals surface area (Å²) in [6, 6.07) is 18.2. The molecule has 0 aliphatic rings. The van der Waals surface area contributed by atoms with Crippen LogP contribution in [-0.2, 0) is 0 Å². The maximum atomic E-state index is 12.7. The van der Waals surface area contributed by atoms with Crippen molar-refractivity contribution in [3.8, 4) is 5.75 Å². The molecule has 2 aromatic carbocycles. The Morgan fingerprint density at radius 3 is 2.32 bits per heavy atom. The molecule has 0 saturated carbocycles. The number of pyridine rings is 1. The molecule has 0 spiro atoms. The van der Waals surface area contributed by atoms with Gasteiger partial charge in [-0.1, -0.05) is 6.07 Å². The fraction of sp³-hybridized carbons (Fsp3) is 0.0833. The maximum Gasteiger partial charge on any atom is 0.255 e. The van der Waals surface area contributed by atoms with Gasteiger partial charge in [-0.2, -0.15) is 0 Å². The lowest BCUT2D eigenvalue weighted by Crippen LogP contribution is -2.16. The third kappa shape index (κ3) is 4.51. The number of benzene rings is 2. The summed E-state index contributed by atoms with van der Waals surface area (Å²) >= 11 is 0. The molecule has 31 heavy (non-hydrogen) atoms. The number of carbonyl (C=O) groups is 1. The maximum absolute atomic E-state index is 12.7. The lowest BCUT2D eigenvalue weighted by atomic mass is 10.1. The van der Waals surface area contributed by atoms with Gasteiger partial charge in [-0.05, 0) is 67.1 Å². The third-order valence-corrected chi connectivity index (χ3v) is 4.73. The fourth-order valence-corrected chi connectivity index (χ4v) is 3.14. The lowest BCUT2D eigenvalue weighted by Gasteiger charge is -2.25. The highest BCUT2D eigenvalue weighted by Crippen LogP contribution is 2.35. The molecular formula is C24H21N5O2. The van der Waals surface area contributed by atoms with E-state index in [1.54, 1.807) is 62.2 Å². The second-order valence-electron chi connectivity index (χ2n) is 6.77. The van der Waals surface area contributed by atoms with Crippen molar-refractivity contribution < 1.29 is 9.53 Å². The number of amides is 1. The Morgan fingerprint density at radius 1 is 0.935 bits per heavy atom. The molecule has 0 saturated heterocycles.